The number of fused-ring (bicyclic) bond motifs is 1. The van der Waals surface area contributed by atoms with E-state index in [2.05, 4.69) is 6.07 Å². The normalized spacial score (nSPS) is 11.4. The van der Waals surface area contributed by atoms with E-state index >= 15 is 0 Å². The number of benzene rings is 3. The molecule has 0 spiro atoms. The molecule has 0 saturated heterocycles. The summed E-state index contributed by atoms with van der Waals surface area (Å²) < 4.78 is 5.91. The molecule has 29 heavy (non-hydrogen) atoms. The molecule has 0 fully saturated rings. The smallest absolute Gasteiger partial charge is 0.335 e. The van der Waals surface area contributed by atoms with Crippen molar-refractivity contribution in [1.82, 2.24) is 0 Å². The van der Waals surface area contributed by atoms with Crippen molar-refractivity contribution in [2.24, 2.45) is 0 Å². The van der Waals surface area contributed by atoms with E-state index in [0.717, 1.165) is 16.3 Å². The molecule has 0 atom stereocenters. The number of hydrogen-bond donors (Lipinski definition) is 1. The summed E-state index contributed by atoms with van der Waals surface area (Å²) in [6, 6.07) is 24.8. The molecule has 0 aliphatic carbocycles. The van der Waals surface area contributed by atoms with Crippen LogP contribution in [0.2, 0.25) is 0 Å². The van der Waals surface area contributed by atoms with Crippen molar-refractivity contribution in [1.29, 1.82) is 5.26 Å². The molecular formula is C25H17NO3. The second kappa shape index (κ2) is 7.49. The molecule has 0 bridgehead atoms. The third kappa shape index (κ3) is 3.54. The third-order valence-electron chi connectivity index (χ3n) is 4.92. The lowest BCUT2D eigenvalue weighted by Crippen LogP contribution is -2.00. The van der Waals surface area contributed by atoms with Crippen molar-refractivity contribution in [3.05, 3.63) is 95.2 Å². The van der Waals surface area contributed by atoms with E-state index in [-0.39, 0.29) is 5.56 Å². The van der Waals surface area contributed by atoms with E-state index in [1.165, 1.54) is 0 Å². The minimum absolute atomic E-state index is 0.241. The molecular weight excluding hydrogens is 362 g/mol. The van der Waals surface area contributed by atoms with Crippen molar-refractivity contribution < 1.29 is 14.3 Å². The van der Waals surface area contributed by atoms with Crippen LogP contribution in [0.3, 0.4) is 0 Å². The average molecular weight is 379 g/mol. The molecule has 3 aromatic carbocycles. The number of nitrogens with zero attached hydrogens (tertiary/aromatic N) is 1. The first kappa shape index (κ1) is 18.3. The van der Waals surface area contributed by atoms with Crippen molar-refractivity contribution in [3.8, 4) is 17.4 Å². The fourth-order valence-corrected chi connectivity index (χ4v) is 3.39. The first-order valence-electron chi connectivity index (χ1n) is 9.11. The molecule has 4 rings (SSSR count). The van der Waals surface area contributed by atoms with Gasteiger partial charge < -0.3 is 9.52 Å². The highest BCUT2D eigenvalue weighted by atomic mass is 16.4. The number of carboxylic acids is 1. The molecule has 0 unspecified atom stereocenters. The Morgan fingerprint density at radius 1 is 1.00 bits per heavy atom. The van der Waals surface area contributed by atoms with E-state index in [1.807, 2.05) is 48.5 Å². The van der Waals surface area contributed by atoms with Crippen LogP contribution in [0.1, 0.15) is 27.2 Å². The van der Waals surface area contributed by atoms with Crippen LogP contribution in [0, 0.1) is 18.3 Å². The molecule has 0 aliphatic rings. The number of carbonyl (C=O) groups is 1. The summed E-state index contributed by atoms with van der Waals surface area (Å²) in [7, 11) is 0. The SMILES string of the molecule is Cc1c(C(=O)O)cccc1-c1ccc(/C=C(/C#N)c2ccc3ccccc3c2)o1. The largest absolute Gasteiger partial charge is 0.478 e. The third-order valence-corrected chi connectivity index (χ3v) is 4.92. The predicted molar refractivity (Wildman–Crippen MR) is 113 cm³/mol. The number of hydrogen-bond acceptors (Lipinski definition) is 3. The zero-order valence-electron chi connectivity index (χ0n) is 15.7. The Balaban J connectivity index is 1.72. The Labute approximate surface area is 168 Å². The first-order valence-corrected chi connectivity index (χ1v) is 9.11. The highest BCUT2D eigenvalue weighted by Crippen LogP contribution is 2.29. The number of carboxylic acid groups (broad SMARTS) is 1. The van der Waals surface area contributed by atoms with Crippen molar-refractivity contribution in [2.45, 2.75) is 6.92 Å². The molecule has 0 aliphatic heterocycles. The minimum Gasteiger partial charge on any atom is -0.478 e. The van der Waals surface area contributed by atoms with Crippen LogP contribution < -0.4 is 0 Å². The summed E-state index contributed by atoms with van der Waals surface area (Å²) in [4.78, 5) is 11.4. The van der Waals surface area contributed by atoms with Crippen LogP contribution in [0.25, 0.3) is 33.7 Å². The van der Waals surface area contributed by atoms with E-state index in [0.29, 0.717) is 28.2 Å². The summed E-state index contributed by atoms with van der Waals surface area (Å²) in [5.41, 5.74) is 2.90. The highest BCUT2D eigenvalue weighted by molar-refractivity contribution is 5.94. The number of aromatic carboxylic acids is 1. The Bertz CT molecular complexity index is 1310. The van der Waals surface area contributed by atoms with E-state index in [1.54, 1.807) is 37.3 Å². The topological polar surface area (TPSA) is 74.2 Å². The highest BCUT2D eigenvalue weighted by Gasteiger charge is 2.14. The second-order valence-electron chi connectivity index (χ2n) is 6.72. The Kier molecular flexibility index (Phi) is 4.72. The minimum atomic E-state index is -0.973. The molecule has 0 amide bonds. The molecule has 140 valence electrons. The maximum absolute atomic E-state index is 11.4. The molecule has 4 heteroatoms. The summed E-state index contributed by atoms with van der Waals surface area (Å²) in [6.45, 7) is 1.76. The van der Waals surface area contributed by atoms with Gasteiger partial charge in [0.25, 0.3) is 0 Å². The van der Waals surface area contributed by atoms with Crippen molar-refractivity contribution >= 4 is 28.4 Å². The van der Waals surface area contributed by atoms with Gasteiger partial charge in [-0.1, -0.05) is 48.5 Å². The fraction of sp³-hybridized carbons (Fsp3) is 0.0400. The number of nitriles is 1. The maximum Gasteiger partial charge on any atom is 0.335 e. The zero-order valence-corrected chi connectivity index (χ0v) is 15.7. The van der Waals surface area contributed by atoms with Gasteiger partial charge in [0.05, 0.1) is 17.2 Å². The van der Waals surface area contributed by atoms with Gasteiger partial charge in [0, 0.05) is 5.56 Å². The maximum atomic E-state index is 11.4. The molecule has 4 nitrogen and oxygen atoms in total. The summed E-state index contributed by atoms with van der Waals surface area (Å²) >= 11 is 0. The standard InChI is InChI=1S/C25H17NO3/c1-16-22(7-4-8-23(16)25(27)28)24-12-11-21(29-24)14-20(15-26)19-10-9-17-5-2-3-6-18(17)13-19/h2-14H,1H3,(H,27,28)/b20-14-. The van der Waals surface area contributed by atoms with Crippen LogP contribution in [0.4, 0.5) is 0 Å². The molecule has 0 radical (unpaired) electrons. The Hall–Kier alpha value is -4.10. The molecule has 1 N–H and O–H groups in total. The Morgan fingerprint density at radius 3 is 2.55 bits per heavy atom. The van der Waals surface area contributed by atoms with Gasteiger partial charge in [-0.2, -0.15) is 5.26 Å². The zero-order chi connectivity index (χ0) is 20.4. The second-order valence-corrected chi connectivity index (χ2v) is 6.72. The number of rotatable bonds is 4. The van der Waals surface area contributed by atoms with Gasteiger partial charge in [0.2, 0.25) is 0 Å². The summed E-state index contributed by atoms with van der Waals surface area (Å²) in [5, 5.41) is 21.1. The van der Waals surface area contributed by atoms with Gasteiger partial charge in [-0.05, 0) is 59.2 Å². The van der Waals surface area contributed by atoms with Gasteiger partial charge >= 0.3 is 5.97 Å². The van der Waals surface area contributed by atoms with Crippen molar-refractivity contribution in [3.63, 3.8) is 0 Å². The number of allylic oxidation sites excluding steroid dienone is 1. The van der Waals surface area contributed by atoms with Crippen LogP contribution >= 0.6 is 0 Å². The van der Waals surface area contributed by atoms with Crippen LogP contribution in [-0.4, -0.2) is 11.1 Å². The molecule has 0 saturated carbocycles. The monoisotopic (exact) mass is 379 g/mol. The Morgan fingerprint density at radius 2 is 1.79 bits per heavy atom. The van der Waals surface area contributed by atoms with Crippen LogP contribution in [0.15, 0.2) is 77.2 Å². The quantitative estimate of drug-likeness (QED) is 0.430. The van der Waals surface area contributed by atoms with Gasteiger partial charge in [0.15, 0.2) is 0 Å². The lowest BCUT2D eigenvalue weighted by atomic mass is 10.0. The summed E-state index contributed by atoms with van der Waals surface area (Å²) in [6.07, 6.45) is 1.70. The van der Waals surface area contributed by atoms with Gasteiger partial charge in [-0.15, -0.1) is 0 Å². The van der Waals surface area contributed by atoms with E-state index in [4.69, 9.17) is 4.42 Å². The lowest BCUT2D eigenvalue weighted by Gasteiger charge is -2.06. The van der Waals surface area contributed by atoms with Crippen molar-refractivity contribution in [2.75, 3.05) is 0 Å². The van der Waals surface area contributed by atoms with Crippen LogP contribution in [0.5, 0.6) is 0 Å². The van der Waals surface area contributed by atoms with Gasteiger partial charge in [-0.3, -0.25) is 0 Å². The fourth-order valence-electron chi connectivity index (χ4n) is 3.39. The van der Waals surface area contributed by atoms with Crippen LogP contribution in [-0.2, 0) is 0 Å². The first-order chi connectivity index (χ1) is 14.1. The molecule has 1 heterocycles. The predicted octanol–water partition coefficient (Wildman–Crippen LogP) is 6.17. The number of furan rings is 1. The van der Waals surface area contributed by atoms with Gasteiger partial charge in [0.1, 0.15) is 11.5 Å². The molecule has 4 aromatic rings. The molecule has 1 aromatic heterocycles. The lowest BCUT2D eigenvalue weighted by molar-refractivity contribution is 0.0696. The average Bonchev–Trinajstić information content (AvgIpc) is 3.20. The van der Waals surface area contributed by atoms with E-state index in [9.17, 15) is 15.2 Å². The van der Waals surface area contributed by atoms with Gasteiger partial charge in [-0.25, -0.2) is 4.79 Å². The summed E-state index contributed by atoms with van der Waals surface area (Å²) in [5.74, 6) is 0.122. The van der Waals surface area contributed by atoms with E-state index < -0.39 is 5.97 Å².